The van der Waals surface area contributed by atoms with Crippen LogP contribution in [0.5, 0.6) is 11.5 Å². The summed E-state index contributed by atoms with van der Waals surface area (Å²) in [7, 11) is 3.28. The predicted octanol–water partition coefficient (Wildman–Crippen LogP) is 6.45. The van der Waals surface area contributed by atoms with E-state index in [2.05, 4.69) is 29.5 Å². The number of aromatic nitrogens is 2. The first kappa shape index (κ1) is 31.7. The van der Waals surface area contributed by atoms with Crippen LogP contribution in [0.2, 0.25) is 0 Å². The van der Waals surface area contributed by atoms with Gasteiger partial charge in [-0.2, -0.15) is 5.10 Å². The van der Waals surface area contributed by atoms with Crippen molar-refractivity contribution in [3.05, 3.63) is 154 Å². The molecule has 3 unspecified atom stereocenters. The van der Waals surface area contributed by atoms with Gasteiger partial charge in [0.2, 0.25) is 0 Å². The summed E-state index contributed by atoms with van der Waals surface area (Å²) in [6.45, 7) is 2.32. The third-order valence-electron chi connectivity index (χ3n) is 8.57. The molecule has 9 nitrogen and oxygen atoms in total. The summed E-state index contributed by atoms with van der Waals surface area (Å²) in [6, 6.07) is 36.0. The Morgan fingerprint density at radius 1 is 0.851 bits per heavy atom. The number of ether oxygens (including phenoxy) is 4. The van der Waals surface area contributed by atoms with E-state index in [9.17, 15) is 9.59 Å². The molecule has 1 aliphatic rings. The molecule has 1 aliphatic heterocycles. The second-order valence-electron chi connectivity index (χ2n) is 11.5. The summed E-state index contributed by atoms with van der Waals surface area (Å²) in [5, 5.41) is 7.10. The van der Waals surface area contributed by atoms with Crippen LogP contribution in [0.25, 0.3) is 0 Å². The van der Waals surface area contributed by atoms with Gasteiger partial charge in [-0.05, 0) is 65.4 Å². The Hall–Kier alpha value is -5.25. The van der Waals surface area contributed by atoms with E-state index in [0.29, 0.717) is 17.7 Å². The van der Waals surface area contributed by atoms with Gasteiger partial charge < -0.3 is 24.3 Å². The Morgan fingerprint density at radius 2 is 1.40 bits per heavy atom. The lowest BCUT2D eigenvalue weighted by molar-refractivity contribution is -0.0861. The number of anilines is 1. The molecule has 0 radical (unpaired) electrons. The van der Waals surface area contributed by atoms with E-state index in [-0.39, 0.29) is 30.1 Å². The predicted molar refractivity (Wildman–Crippen MR) is 179 cm³/mol. The van der Waals surface area contributed by atoms with Crippen molar-refractivity contribution in [1.29, 1.82) is 0 Å². The number of hydrogen-bond donors (Lipinski definition) is 1. The standard InChI is InChI=1S/C38H37N3O6/c1-26-22-36(41-35(42)23-31(24-39-41)40-37(43)27-10-6-4-7-11-27)47-34(26)25-46-38(28-12-8-5-9-13-28,29-14-18-32(44-2)19-15-29)30-16-20-33(45-3)21-17-30/h4-21,23-24,26,34,36H,22,25H2,1-3H3,(H,40,43). The highest BCUT2D eigenvalue weighted by Gasteiger charge is 2.41. The van der Waals surface area contributed by atoms with E-state index in [0.717, 1.165) is 28.2 Å². The molecule has 0 saturated carbocycles. The number of amides is 1. The maximum Gasteiger partial charge on any atom is 0.271 e. The lowest BCUT2D eigenvalue weighted by Crippen LogP contribution is -2.37. The van der Waals surface area contributed by atoms with Crippen LogP contribution in [0, 0.1) is 5.92 Å². The van der Waals surface area contributed by atoms with Crippen molar-refractivity contribution in [1.82, 2.24) is 9.78 Å². The van der Waals surface area contributed by atoms with Crippen LogP contribution in [0.15, 0.2) is 126 Å². The molecule has 4 aromatic carbocycles. The van der Waals surface area contributed by atoms with E-state index in [1.165, 1.54) is 16.9 Å². The second-order valence-corrected chi connectivity index (χ2v) is 11.5. The fourth-order valence-electron chi connectivity index (χ4n) is 6.00. The fourth-order valence-corrected chi connectivity index (χ4v) is 6.00. The first-order chi connectivity index (χ1) is 22.9. The van der Waals surface area contributed by atoms with E-state index in [1.807, 2.05) is 72.8 Å². The zero-order valence-electron chi connectivity index (χ0n) is 26.5. The molecule has 5 aromatic rings. The normalized spacial score (nSPS) is 17.6. The lowest BCUT2D eigenvalue weighted by Gasteiger charge is -2.37. The molecular formula is C38H37N3O6. The highest BCUT2D eigenvalue weighted by Crippen LogP contribution is 2.43. The summed E-state index contributed by atoms with van der Waals surface area (Å²) >= 11 is 0. The largest absolute Gasteiger partial charge is 0.497 e. The SMILES string of the molecule is COc1ccc(C(OCC2OC(n3ncc(NC(=O)c4ccccc4)cc3=O)CC2C)(c2ccccc2)c2ccc(OC)cc2)cc1. The van der Waals surface area contributed by atoms with Gasteiger partial charge in [-0.15, -0.1) is 0 Å². The Kier molecular flexibility index (Phi) is 9.47. The highest BCUT2D eigenvalue weighted by molar-refractivity contribution is 6.04. The van der Waals surface area contributed by atoms with Gasteiger partial charge in [0, 0.05) is 11.6 Å². The molecule has 6 rings (SSSR count). The number of rotatable bonds is 11. The molecule has 240 valence electrons. The summed E-state index contributed by atoms with van der Waals surface area (Å²) in [6.07, 6.45) is 1.12. The third kappa shape index (κ3) is 6.67. The molecular weight excluding hydrogens is 594 g/mol. The van der Waals surface area contributed by atoms with Gasteiger partial charge in [0.05, 0.1) is 38.8 Å². The van der Waals surface area contributed by atoms with Crippen LogP contribution in [-0.2, 0) is 15.1 Å². The van der Waals surface area contributed by atoms with Gasteiger partial charge in [-0.1, -0.05) is 79.7 Å². The molecule has 1 amide bonds. The van der Waals surface area contributed by atoms with Crippen molar-refractivity contribution in [2.75, 3.05) is 26.1 Å². The van der Waals surface area contributed by atoms with Gasteiger partial charge in [-0.3, -0.25) is 9.59 Å². The van der Waals surface area contributed by atoms with Gasteiger partial charge in [-0.25, -0.2) is 4.68 Å². The van der Waals surface area contributed by atoms with Gasteiger partial charge in [0.25, 0.3) is 11.5 Å². The van der Waals surface area contributed by atoms with Crippen LogP contribution in [0.4, 0.5) is 5.69 Å². The van der Waals surface area contributed by atoms with E-state index in [4.69, 9.17) is 18.9 Å². The molecule has 0 aliphatic carbocycles. The number of nitrogens with one attached hydrogen (secondary N) is 1. The monoisotopic (exact) mass is 631 g/mol. The quantitative estimate of drug-likeness (QED) is 0.167. The van der Waals surface area contributed by atoms with Crippen molar-refractivity contribution >= 4 is 11.6 Å². The molecule has 0 bridgehead atoms. The Balaban J connectivity index is 1.26. The van der Waals surface area contributed by atoms with E-state index >= 15 is 0 Å². The number of benzene rings is 4. The molecule has 1 saturated heterocycles. The summed E-state index contributed by atoms with van der Waals surface area (Å²) in [4.78, 5) is 25.7. The minimum Gasteiger partial charge on any atom is -0.497 e. The Bertz CT molecular complexity index is 1800. The van der Waals surface area contributed by atoms with E-state index in [1.54, 1.807) is 38.5 Å². The molecule has 1 aromatic heterocycles. The van der Waals surface area contributed by atoms with Crippen LogP contribution in [0.1, 0.15) is 46.6 Å². The number of nitrogens with zero attached hydrogens (tertiary/aromatic N) is 2. The minimum atomic E-state index is -0.991. The molecule has 1 fully saturated rings. The first-order valence-corrected chi connectivity index (χ1v) is 15.5. The van der Waals surface area contributed by atoms with Gasteiger partial charge in [0.15, 0.2) is 6.23 Å². The molecule has 3 atom stereocenters. The average Bonchev–Trinajstić information content (AvgIpc) is 3.49. The minimum absolute atomic E-state index is 0.0615. The fraction of sp³-hybridized carbons (Fsp3) is 0.237. The van der Waals surface area contributed by atoms with Gasteiger partial charge >= 0.3 is 0 Å². The first-order valence-electron chi connectivity index (χ1n) is 15.5. The highest BCUT2D eigenvalue weighted by atomic mass is 16.6. The lowest BCUT2D eigenvalue weighted by atomic mass is 9.80. The molecule has 2 heterocycles. The van der Waals surface area contributed by atoms with E-state index < -0.39 is 11.8 Å². The molecule has 1 N–H and O–H groups in total. The molecule has 9 heteroatoms. The molecule has 47 heavy (non-hydrogen) atoms. The van der Waals surface area contributed by atoms with Crippen LogP contribution < -0.4 is 20.3 Å². The number of methoxy groups -OCH3 is 2. The van der Waals surface area contributed by atoms with Crippen LogP contribution in [0.3, 0.4) is 0 Å². The Morgan fingerprint density at radius 3 is 1.96 bits per heavy atom. The maximum absolute atomic E-state index is 13.2. The van der Waals surface area contributed by atoms with Crippen molar-refractivity contribution in [2.45, 2.75) is 31.3 Å². The average molecular weight is 632 g/mol. The van der Waals surface area contributed by atoms with Crippen molar-refractivity contribution in [3.8, 4) is 11.5 Å². The van der Waals surface area contributed by atoms with Crippen molar-refractivity contribution < 1.29 is 23.7 Å². The topological polar surface area (TPSA) is 101 Å². The third-order valence-corrected chi connectivity index (χ3v) is 8.57. The summed E-state index contributed by atoms with van der Waals surface area (Å²) in [5.74, 6) is 1.23. The zero-order valence-corrected chi connectivity index (χ0v) is 26.5. The maximum atomic E-state index is 13.2. The van der Waals surface area contributed by atoms with Crippen LogP contribution in [-0.4, -0.2) is 42.6 Å². The summed E-state index contributed by atoms with van der Waals surface area (Å²) < 4.78 is 25.7. The smallest absolute Gasteiger partial charge is 0.271 e. The van der Waals surface area contributed by atoms with Crippen molar-refractivity contribution in [2.24, 2.45) is 5.92 Å². The Labute approximate surface area is 273 Å². The molecule has 0 spiro atoms. The number of hydrogen-bond acceptors (Lipinski definition) is 7. The second kappa shape index (κ2) is 14.0. The van der Waals surface area contributed by atoms with Crippen molar-refractivity contribution in [3.63, 3.8) is 0 Å². The zero-order chi connectivity index (χ0) is 32.8. The number of carbonyl (C=O) groups is 1. The van der Waals surface area contributed by atoms with Gasteiger partial charge in [0.1, 0.15) is 17.1 Å². The summed E-state index contributed by atoms with van der Waals surface area (Å²) in [5.41, 5.74) is 2.23. The van der Waals surface area contributed by atoms with Crippen LogP contribution >= 0.6 is 0 Å². The number of carbonyl (C=O) groups excluding carboxylic acids is 1.